The van der Waals surface area contributed by atoms with Crippen molar-refractivity contribution >= 4 is 23.2 Å². The quantitative estimate of drug-likeness (QED) is 0.624. The summed E-state index contributed by atoms with van der Waals surface area (Å²) in [7, 11) is 0. The van der Waals surface area contributed by atoms with Gasteiger partial charge in [0.15, 0.2) is 0 Å². The topological polar surface area (TPSA) is 49.8 Å². The fourth-order valence-electron chi connectivity index (χ4n) is 2.53. The first-order chi connectivity index (χ1) is 12.6. The third kappa shape index (κ3) is 5.43. The monoisotopic (exact) mass is 370 g/mol. The molecule has 0 saturated carbocycles. The standard InChI is InChI=1S/C20H20ClFN4/c1-14-25-19(23-11-10-15-2-6-17(21)7-3-15)12-20(26-14)24-13-16-4-8-18(22)9-5-16/h2-9,12H,10-11,13H2,1H3,(H2,23,24,25,26). The highest BCUT2D eigenvalue weighted by molar-refractivity contribution is 6.30. The fourth-order valence-corrected chi connectivity index (χ4v) is 2.66. The number of aryl methyl sites for hydroxylation is 1. The normalized spacial score (nSPS) is 10.6. The van der Waals surface area contributed by atoms with Gasteiger partial charge in [-0.05, 0) is 48.7 Å². The van der Waals surface area contributed by atoms with Gasteiger partial charge in [-0.15, -0.1) is 0 Å². The highest BCUT2D eigenvalue weighted by atomic mass is 35.5. The summed E-state index contributed by atoms with van der Waals surface area (Å²) in [5.74, 6) is 1.95. The van der Waals surface area contributed by atoms with Crippen LogP contribution in [-0.4, -0.2) is 16.5 Å². The third-order valence-electron chi connectivity index (χ3n) is 3.86. The predicted octanol–water partition coefficient (Wildman–Crippen LogP) is 4.84. The van der Waals surface area contributed by atoms with Crippen molar-refractivity contribution in [1.29, 1.82) is 0 Å². The van der Waals surface area contributed by atoms with Crippen LogP contribution in [0.2, 0.25) is 5.02 Å². The molecule has 2 N–H and O–H groups in total. The summed E-state index contributed by atoms with van der Waals surface area (Å²) in [6.07, 6.45) is 0.874. The Morgan fingerprint density at radius 1 is 0.885 bits per heavy atom. The Labute approximate surface area is 157 Å². The molecule has 134 valence electrons. The molecule has 0 fully saturated rings. The minimum Gasteiger partial charge on any atom is -0.370 e. The molecular formula is C20H20ClFN4. The molecule has 6 heteroatoms. The van der Waals surface area contributed by atoms with Gasteiger partial charge in [-0.25, -0.2) is 14.4 Å². The summed E-state index contributed by atoms with van der Waals surface area (Å²) >= 11 is 5.90. The lowest BCUT2D eigenvalue weighted by atomic mass is 10.1. The second-order valence-electron chi connectivity index (χ2n) is 5.97. The van der Waals surface area contributed by atoms with E-state index in [1.165, 1.54) is 17.7 Å². The van der Waals surface area contributed by atoms with Crippen LogP contribution >= 0.6 is 11.6 Å². The molecular weight excluding hydrogens is 351 g/mol. The molecule has 0 amide bonds. The molecule has 0 aliphatic carbocycles. The van der Waals surface area contributed by atoms with Crippen molar-refractivity contribution in [3.63, 3.8) is 0 Å². The van der Waals surface area contributed by atoms with E-state index >= 15 is 0 Å². The Morgan fingerprint density at radius 3 is 2.19 bits per heavy atom. The Hall–Kier alpha value is -2.66. The van der Waals surface area contributed by atoms with E-state index in [2.05, 4.69) is 20.6 Å². The minimum absolute atomic E-state index is 0.237. The van der Waals surface area contributed by atoms with Crippen molar-refractivity contribution in [3.05, 3.63) is 82.4 Å². The highest BCUT2D eigenvalue weighted by Gasteiger charge is 2.03. The highest BCUT2D eigenvalue weighted by Crippen LogP contribution is 2.14. The van der Waals surface area contributed by atoms with Gasteiger partial charge in [-0.2, -0.15) is 0 Å². The molecule has 0 atom stereocenters. The van der Waals surface area contributed by atoms with E-state index in [9.17, 15) is 4.39 Å². The molecule has 0 aliphatic rings. The van der Waals surface area contributed by atoms with Crippen LogP contribution in [0.15, 0.2) is 54.6 Å². The summed E-state index contributed by atoms with van der Waals surface area (Å²) < 4.78 is 13.0. The zero-order valence-electron chi connectivity index (χ0n) is 14.5. The van der Waals surface area contributed by atoms with Crippen molar-refractivity contribution in [3.8, 4) is 0 Å². The lowest BCUT2D eigenvalue weighted by molar-refractivity contribution is 0.627. The van der Waals surface area contributed by atoms with Crippen LogP contribution in [-0.2, 0) is 13.0 Å². The van der Waals surface area contributed by atoms with Crippen molar-refractivity contribution in [1.82, 2.24) is 9.97 Å². The summed E-state index contributed by atoms with van der Waals surface area (Å²) in [5.41, 5.74) is 2.20. The van der Waals surface area contributed by atoms with Crippen LogP contribution in [0.5, 0.6) is 0 Å². The molecule has 1 aromatic heterocycles. The van der Waals surface area contributed by atoms with Crippen LogP contribution < -0.4 is 10.6 Å². The van der Waals surface area contributed by atoms with E-state index in [0.29, 0.717) is 12.4 Å². The molecule has 3 aromatic rings. The number of hydrogen-bond donors (Lipinski definition) is 2. The summed E-state index contributed by atoms with van der Waals surface area (Å²) in [6, 6.07) is 16.1. The number of nitrogens with one attached hydrogen (secondary N) is 2. The van der Waals surface area contributed by atoms with E-state index in [-0.39, 0.29) is 5.82 Å². The number of aromatic nitrogens is 2. The first kappa shape index (κ1) is 18.1. The van der Waals surface area contributed by atoms with Gasteiger partial charge < -0.3 is 10.6 Å². The first-order valence-corrected chi connectivity index (χ1v) is 8.78. The van der Waals surface area contributed by atoms with E-state index < -0.39 is 0 Å². The SMILES string of the molecule is Cc1nc(NCCc2ccc(Cl)cc2)cc(NCc2ccc(F)cc2)n1. The second kappa shape index (κ2) is 8.63. The predicted molar refractivity (Wildman–Crippen MR) is 104 cm³/mol. The molecule has 0 unspecified atom stereocenters. The van der Waals surface area contributed by atoms with E-state index in [1.807, 2.05) is 37.3 Å². The first-order valence-electron chi connectivity index (χ1n) is 8.41. The molecule has 0 spiro atoms. The van der Waals surface area contributed by atoms with Gasteiger partial charge in [0, 0.05) is 24.2 Å². The van der Waals surface area contributed by atoms with Crippen LogP contribution in [0.4, 0.5) is 16.0 Å². The molecule has 1 heterocycles. The maximum absolute atomic E-state index is 13.0. The van der Waals surface area contributed by atoms with Gasteiger partial charge in [-0.3, -0.25) is 0 Å². The van der Waals surface area contributed by atoms with Crippen molar-refractivity contribution in [2.75, 3.05) is 17.2 Å². The number of nitrogens with zero attached hydrogens (tertiary/aromatic N) is 2. The van der Waals surface area contributed by atoms with Crippen LogP contribution in [0, 0.1) is 12.7 Å². The van der Waals surface area contributed by atoms with Gasteiger partial charge in [0.25, 0.3) is 0 Å². The minimum atomic E-state index is -0.237. The summed E-state index contributed by atoms with van der Waals surface area (Å²) in [4.78, 5) is 8.80. The molecule has 26 heavy (non-hydrogen) atoms. The zero-order chi connectivity index (χ0) is 18.4. The summed E-state index contributed by atoms with van der Waals surface area (Å²) in [6.45, 7) is 3.18. The zero-order valence-corrected chi connectivity index (χ0v) is 15.2. The van der Waals surface area contributed by atoms with Crippen molar-refractivity contribution in [2.45, 2.75) is 19.9 Å². The Kier molecular flexibility index (Phi) is 6.02. The third-order valence-corrected chi connectivity index (χ3v) is 4.11. The maximum Gasteiger partial charge on any atom is 0.132 e. The molecule has 3 rings (SSSR count). The molecule has 4 nitrogen and oxygen atoms in total. The maximum atomic E-state index is 13.0. The molecule has 0 radical (unpaired) electrons. The molecule has 2 aromatic carbocycles. The molecule has 0 aliphatic heterocycles. The van der Waals surface area contributed by atoms with Gasteiger partial charge in [0.1, 0.15) is 23.3 Å². The van der Waals surface area contributed by atoms with Gasteiger partial charge in [0.2, 0.25) is 0 Å². The van der Waals surface area contributed by atoms with Gasteiger partial charge >= 0.3 is 0 Å². The fraction of sp³-hybridized carbons (Fsp3) is 0.200. The molecule has 0 saturated heterocycles. The summed E-state index contributed by atoms with van der Waals surface area (Å²) in [5, 5.41) is 7.31. The average Bonchev–Trinajstić information content (AvgIpc) is 2.63. The number of hydrogen-bond acceptors (Lipinski definition) is 4. The van der Waals surface area contributed by atoms with Crippen LogP contribution in [0.3, 0.4) is 0 Å². The number of rotatable bonds is 7. The van der Waals surface area contributed by atoms with Crippen LogP contribution in [0.1, 0.15) is 17.0 Å². The average molecular weight is 371 g/mol. The Bertz CT molecular complexity index is 851. The van der Waals surface area contributed by atoms with Crippen molar-refractivity contribution < 1.29 is 4.39 Å². The lowest BCUT2D eigenvalue weighted by Crippen LogP contribution is -2.09. The Morgan fingerprint density at radius 2 is 1.50 bits per heavy atom. The van der Waals surface area contributed by atoms with E-state index in [1.54, 1.807) is 12.1 Å². The largest absolute Gasteiger partial charge is 0.370 e. The number of benzene rings is 2. The lowest BCUT2D eigenvalue weighted by Gasteiger charge is -2.10. The number of halogens is 2. The second-order valence-corrected chi connectivity index (χ2v) is 6.41. The molecule has 0 bridgehead atoms. The van der Waals surface area contributed by atoms with Crippen molar-refractivity contribution in [2.24, 2.45) is 0 Å². The van der Waals surface area contributed by atoms with Gasteiger partial charge in [0.05, 0.1) is 0 Å². The Balaban J connectivity index is 1.56. The van der Waals surface area contributed by atoms with E-state index in [4.69, 9.17) is 11.6 Å². The van der Waals surface area contributed by atoms with Gasteiger partial charge in [-0.1, -0.05) is 35.9 Å². The smallest absolute Gasteiger partial charge is 0.132 e. The number of anilines is 2. The van der Waals surface area contributed by atoms with E-state index in [0.717, 1.165) is 35.2 Å². The van der Waals surface area contributed by atoms with Crippen LogP contribution in [0.25, 0.3) is 0 Å².